The number of hydrogen-bond donors (Lipinski definition) is 1. The lowest BCUT2D eigenvalue weighted by Gasteiger charge is -2.56. The third-order valence-corrected chi connectivity index (χ3v) is 6.11. The minimum atomic E-state index is -0.326. The fourth-order valence-corrected chi connectivity index (χ4v) is 4.87. The highest BCUT2D eigenvalue weighted by molar-refractivity contribution is 5.98. The highest BCUT2D eigenvalue weighted by Gasteiger charge is 2.49. The minimum Gasteiger partial charge on any atom is -0.350 e. The molecule has 5 nitrogen and oxygen atoms in total. The van der Waals surface area contributed by atoms with Crippen LogP contribution in [0.4, 0.5) is 4.39 Å². The fourth-order valence-electron chi connectivity index (χ4n) is 4.87. The molecular formula is C20H24FN3O2. The lowest BCUT2D eigenvalue weighted by Crippen LogP contribution is -2.68. The zero-order valence-electron chi connectivity index (χ0n) is 15.2. The van der Waals surface area contributed by atoms with Crippen LogP contribution in [0, 0.1) is 5.82 Å². The Kier molecular flexibility index (Phi) is 4.01. The van der Waals surface area contributed by atoms with Gasteiger partial charge in [0.05, 0.1) is 11.6 Å². The van der Waals surface area contributed by atoms with E-state index in [1.807, 2.05) is 9.80 Å². The van der Waals surface area contributed by atoms with Crippen molar-refractivity contribution in [3.05, 3.63) is 35.8 Å². The molecule has 0 radical (unpaired) electrons. The van der Waals surface area contributed by atoms with E-state index in [-0.39, 0.29) is 29.2 Å². The van der Waals surface area contributed by atoms with Crippen LogP contribution in [0.15, 0.2) is 24.3 Å². The SMILES string of the molecule is CC(=O)N1CCC[C@H]2N(C(=O)c3cc4ccc(F)cc4[nH]3)CCC[C@@]21C. The molecule has 0 saturated carbocycles. The number of nitrogens with zero attached hydrogens (tertiary/aromatic N) is 2. The largest absolute Gasteiger partial charge is 0.350 e. The number of aromatic amines is 1. The van der Waals surface area contributed by atoms with Crippen molar-refractivity contribution in [1.82, 2.24) is 14.8 Å². The molecule has 0 unspecified atom stereocenters. The van der Waals surface area contributed by atoms with Crippen molar-refractivity contribution >= 4 is 22.7 Å². The summed E-state index contributed by atoms with van der Waals surface area (Å²) < 4.78 is 13.4. The maximum Gasteiger partial charge on any atom is 0.270 e. The first-order chi connectivity index (χ1) is 12.4. The summed E-state index contributed by atoms with van der Waals surface area (Å²) in [7, 11) is 0. The molecule has 0 aliphatic carbocycles. The number of piperidine rings is 2. The molecule has 2 aromatic rings. The van der Waals surface area contributed by atoms with E-state index in [4.69, 9.17) is 0 Å². The van der Waals surface area contributed by atoms with Gasteiger partial charge < -0.3 is 14.8 Å². The summed E-state index contributed by atoms with van der Waals surface area (Å²) in [6, 6.07) is 6.29. The van der Waals surface area contributed by atoms with E-state index in [0.29, 0.717) is 17.8 Å². The molecule has 0 bridgehead atoms. The number of nitrogens with one attached hydrogen (secondary N) is 1. The second-order valence-electron chi connectivity index (χ2n) is 7.70. The molecule has 1 aromatic heterocycles. The molecule has 2 aliphatic rings. The molecule has 4 rings (SSSR count). The maximum absolute atomic E-state index is 13.4. The predicted molar refractivity (Wildman–Crippen MR) is 97.3 cm³/mol. The average molecular weight is 357 g/mol. The van der Waals surface area contributed by atoms with Crippen molar-refractivity contribution in [1.29, 1.82) is 0 Å². The minimum absolute atomic E-state index is 0.0181. The molecule has 2 aliphatic heterocycles. The van der Waals surface area contributed by atoms with Crippen LogP contribution in [0.5, 0.6) is 0 Å². The van der Waals surface area contributed by atoms with Gasteiger partial charge >= 0.3 is 0 Å². The number of likely N-dealkylation sites (tertiary alicyclic amines) is 2. The maximum atomic E-state index is 13.4. The summed E-state index contributed by atoms with van der Waals surface area (Å²) in [6.07, 6.45) is 3.60. The third kappa shape index (κ3) is 2.59. The molecule has 2 fully saturated rings. The van der Waals surface area contributed by atoms with E-state index in [2.05, 4.69) is 11.9 Å². The highest BCUT2D eigenvalue weighted by atomic mass is 19.1. The molecule has 26 heavy (non-hydrogen) atoms. The first-order valence-electron chi connectivity index (χ1n) is 9.27. The molecule has 0 spiro atoms. The summed E-state index contributed by atoms with van der Waals surface area (Å²) in [4.78, 5) is 32.3. The predicted octanol–water partition coefficient (Wildman–Crippen LogP) is 3.31. The van der Waals surface area contributed by atoms with E-state index in [1.54, 1.807) is 19.1 Å². The van der Waals surface area contributed by atoms with Crippen molar-refractivity contribution in [3.8, 4) is 0 Å². The lowest BCUT2D eigenvalue weighted by molar-refractivity contribution is -0.143. The summed E-state index contributed by atoms with van der Waals surface area (Å²) in [6.45, 7) is 5.17. The third-order valence-electron chi connectivity index (χ3n) is 6.11. The number of rotatable bonds is 1. The van der Waals surface area contributed by atoms with Gasteiger partial charge in [0.1, 0.15) is 11.5 Å². The Hall–Kier alpha value is -2.37. The Morgan fingerprint density at radius 1 is 1.23 bits per heavy atom. The summed E-state index contributed by atoms with van der Waals surface area (Å²) in [5.41, 5.74) is 0.799. The van der Waals surface area contributed by atoms with Crippen molar-refractivity contribution in [2.75, 3.05) is 13.1 Å². The average Bonchev–Trinajstić information content (AvgIpc) is 3.02. The Morgan fingerprint density at radius 2 is 2.04 bits per heavy atom. The van der Waals surface area contributed by atoms with E-state index in [0.717, 1.165) is 37.6 Å². The number of carbonyl (C=O) groups is 2. The molecule has 2 amide bonds. The number of H-pyrrole nitrogens is 1. The number of fused-ring (bicyclic) bond motifs is 2. The number of carbonyl (C=O) groups excluding carboxylic acids is 2. The Bertz CT molecular complexity index is 877. The number of benzene rings is 1. The highest BCUT2D eigenvalue weighted by Crippen LogP contribution is 2.39. The van der Waals surface area contributed by atoms with Crippen LogP contribution in [0.3, 0.4) is 0 Å². The molecule has 1 aromatic carbocycles. The van der Waals surface area contributed by atoms with Crippen LogP contribution in [0.1, 0.15) is 50.0 Å². The normalized spacial score (nSPS) is 26.0. The van der Waals surface area contributed by atoms with Gasteiger partial charge in [-0.15, -0.1) is 0 Å². The van der Waals surface area contributed by atoms with Crippen LogP contribution >= 0.6 is 0 Å². The lowest BCUT2D eigenvalue weighted by atomic mass is 9.76. The number of hydrogen-bond acceptors (Lipinski definition) is 2. The second kappa shape index (κ2) is 6.11. The first-order valence-corrected chi connectivity index (χ1v) is 9.27. The molecule has 2 saturated heterocycles. The van der Waals surface area contributed by atoms with Gasteiger partial charge in [-0.05, 0) is 56.9 Å². The molecule has 1 N–H and O–H groups in total. The zero-order chi connectivity index (χ0) is 18.5. The second-order valence-corrected chi connectivity index (χ2v) is 7.70. The van der Waals surface area contributed by atoms with Gasteiger partial charge in [-0.1, -0.05) is 0 Å². The summed E-state index contributed by atoms with van der Waals surface area (Å²) in [5, 5.41) is 0.823. The van der Waals surface area contributed by atoms with E-state index in [9.17, 15) is 14.0 Å². The molecule has 138 valence electrons. The van der Waals surface area contributed by atoms with E-state index < -0.39 is 0 Å². The number of halogens is 1. The van der Waals surface area contributed by atoms with Crippen LogP contribution in [-0.2, 0) is 4.79 Å². The van der Waals surface area contributed by atoms with Gasteiger partial charge in [0.2, 0.25) is 5.91 Å². The molecule has 2 atom stereocenters. The zero-order valence-corrected chi connectivity index (χ0v) is 15.2. The van der Waals surface area contributed by atoms with Crippen LogP contribution < -0.4 is 0 Å². The number of amides is 2. The van der Waals surface area contributed by atoms with Crippen molar-refractivity contribution in [2.24, 2.45) is 0 Å². The molecular weight excluding hydrogens is 333 g/mol. The van der Waals surface area contributed by atoms with Crippen LogP contribution in [-0.4, -0.2) is 51.3 Å². The van der Waals surface area contributed by atoms with Gasteiger partial charge in [-0.2, -0.15) is 0 Å². The Balaban J connectivity index is 1.67. The first kappa shape index (κ1) is 17.1. The topological polar surface area (TPSA) is 56.4 Å². The van der Waals surface area contributed by atoms with Gasteiger partial charge in [0.15, 0.2) is 0 Å². The smallest absolute Gasteiger partial charge is 0.270 e. The van der Waals surface area contributed by atoms with Crippen molar-refractivity contribution < 1.29 is 14.0 Å². The monoisotopic (exact) mass is 357 g/mol. The molecule has 3 heterocycles. The van der Waals surface area contributed by atoms with Crippen molar-refractivity contribution in [3.63, 3.8) is 0 Å². The van der Waals surface area contributed by atoms with Gasteiger partial charge in [0, 0.05) is 30.9 Å². The van der Waals surface area contributed by atoms with Gasteiger partial charge in [-0.25, -0.2) is 4.39 Å². The van der Waals surface area contributed by atoms with Gasteiger partial charge in [-0.3, -0.25) is 9.59 Å². The van der Waals surface area contributed by atoms with E-state index >= 15 is 0 Å². The number of aromatic nitrogens is 1. The summed E-state index contributed by atoms with van der Waals surface area (Å²) in [5.74, 6) is -0.316. The van der Waals surface area contributed by atoms with Crippen LogP contribution in [0.2, 0.25) is 0 Å². The van der Waals surface area contributed by atoms with Crippen LogP contribution in [0.25, 0.3) is 10.9 Å². The van der Waals surface area contributed by atoms with E-state index in [1.165, 1.54) is 12.1 Å². The summed E-state index contributed by atoms with van der Waals surface area (Å²) >= 11 is 0. The van der Waals surface area contributed by atoms with Gasteiger partial charge in [0.25, 0.3) is 5.91 Å². The Morgan fingerprint density at radius 3 is 2.81 bits per heavy atom. The standard InChI is InChI=1S/C20H24FN3O2/c1-13(25)24-10-3-5-18-20(24,2)8-4-9-23(18)19(26)17-11-14-6-7-15(21)12-16(14)22-17/h6-7,11-12,18,22H,3-5,8-10H2,1-2H3/t18-,20+/m1/s1. The fraction of sp³-hybridized carbons (Fsp3) is 0.500. The Labute approximate surface area is 152 Å². The molecule has 6 heteroatoms. The quantitative estimate of drug-likeness (QED) is 0.851. The van der Waals surface area contributed by atoms with Crippen molar-refractivity contribution in [2.45, 2.75) is 51.1 Å².